The van der Waals surface area contributed by atoms with Crippen molar-refractivity contribution in [1.82, 2.24) is 4.31 Å². The maximum atomic E-state index is 13.1. The van der Waals surface area contributed by atoms with Gasteiger partial charge >= 0.3 is 0 Å². The van der Waals surface area contributed by atoms with Gasteiger partial charge < -0.3 is 14.4 Å². The van der Waals surface area contributed by atoms with Gasteiger partial charge in [0.1, 0.15) is 0 Å². The highest BCUT2D eigenvalue weighted by molar-refractivity contribution is 7.92. The molecule has 2 aromatic carbocycles. The SMILES string of the molecule is CN(C)S(=O)(=O)c1ccc(S(=O)(=O)Nc2ccccc2N2CCC(C3COCCO3)CC2)cc1. The lowest BCUT2D eigenvalue weighted by atomic mass is 9.91. The summed E-state index contributed by atoms with van der Waals surface area (Å²) in [5.74, 6) is 0.428. The average molecular weight is 510 g/mol. The molecule has 11 heteroatoms. The molecule has 34 heavy (non-hydrogen) atoms. The molecule has 2 aliphatic heterocycles. The molecule has 0 radical (unpaired) electrons. The minimum absolute atomic E-state index is 0.00633. The van der Waals surface area contributed by atoms with Crippen LogP contribution in [-0.2, 0) is 29.5 Å². The number of piperidine rings is 1. The summed E-state index contributed by atoms with van der Waals surface area (Å²) in [6, 6.07) is 12.5. The van der Waals surface area contributed by atoms with E-state index in [9.17, 15) is 16.8 Å². The number of nitrogens with one attached hydrogen (secondary N) is 1. The van der Waals surface area contributed by atoms with Gasteiger partial charge in [0.2, 0.25) is 10.0 Å². The molecule has 2 aromatic rings. The molecule has 4 rings (SSSR count). The van der Waals surface area contributed by atoms with E-state index in [1.807, 2.05) is 12.1 Å². The molecule has 186 valence electrons. The second kappa shape index (κ2) is 10.2. The quantitative estimate of drug-likeness (QED) is 0.611. The maximum absolute atomic E-state index is 13.1. The standard InChI is InChI=1S/C23H31N3O6S2/c1-25(2)34(29,30)20-9-7-19(8-10-20)33(27,28)24-21-5-3-4-6-22(21)26-13-11-18(12-14-26)23-17-31-15-16-32-23/h3-10,18,23-24H,11-17H2,1-2H3. The fourth-order valence-corrected chi connectivity index (χ4v) is 6.31. The Morgan fingerprint density at radius 1 is 0.912 bits per heavy atom. The van der Waals surface area contributed by atoms with E-state index in [0.29, 0.717) is 31.4 Å². The number of benzene rings is 2. The zero-order chi connectivity index (χ0) is 24.3. The van der Waals surface area contributed by atoms with Gasteiger partial charge in [0.25, 0.3) is 10.0 Å². The number of ether oxygens (including phenoxy) is 2. The Labute approximate surface area is 201 Å². The van der Waals surface area contributed by atoms with Crippen molar-refractivity contribution in [2.75, 3.05) is 56.6 Å². The molecule has 0 spiro atoms. The van der Waals surface area contributed by atoms with Crippen LogP contribution in [-0.4, -0.2) is 74.3 Å². The van der Waals surface area contributed by atoms with Crippen LogP contribution in [0.5, 0.6) is 0 Å². The number of para-hydroxylation sites is 2. The van der Waals surface area contributed by atoms with E-state index >= 15 is 0 Å². The molecule has 0 bridgehead atoms. The van der Waals surface area contributed by atoms with Gasteiger partial charge in [-0.05, 0) is 55.2 Å². The Hall–Kier alpha value is -2.18. The van der Waals surface area contributed by atoms with Gasteiger partial charge in [-0.15, -0.1) is 0 Å². The average Bonchev–Trinajstić information content (AvgIpc) is 2.85. The minimum atomic E-state index is -3.91. The number of nitrogens with zero attached hydrogens (tertiary/aromatic N) is 2. The predicted octanol–water partition coefficient (Wildman–Crippen LogP) is 2.37. The minimum Gasteiger partial charge on any atom is -0.376 e. The second-order valence-corrected chi connectivity index (χ2v) is 12.5. The fraction of sp³-hybridized carbons (Fsp3) is 0.478. The number of rotatable bonds is 7. The molecular weight excluding hydrogens is 478 g/mol. The van der Waals surface area contributed by atoms with E-state index in [2.05, 4.69) is 9.62 Å². The van der Waals surface area contributed by atoms with Gasteiger partial charge in [-0.1, -0.05) is 12.1 Å². The molecule has 2 aliphatic rings. The van der Waals surface area contributed by atoms with Crippen molar-refractivity contribution >= 4 is 31.4 Å². The van der Waals surface area contributed by atoms with Crippen molar-refractivity contribution in [3.8, 4) is 0 Å². The molecule has 0 saturated carbocycles. The first-order valence-electron chi connectivity index (χ1n) is 11.3. The number of hydrogen-bond donors (Lipinski definition) is 1. The Bertz CT molecular complexity index is 1190. The van der Waals surface area contributed by atoms with E-state index in [0.717, 1.165) is 35.9 Å². The van der Waals surface area contributed by atoms with Crippen molar-refractivity contribution in [2.24, 2.45) is 5.92 Å². The van der Waals surface area contributed by atoms with Crippen LogP contribution in [0.4, 0.5) is 11.4 Å². The summed E-state index contributed by atoms with van der Waals surface area (Å²) in [5, 5.41) is 0. The molecule has 0 aromatic heterocycles. The Balaban J connectivity index is 1.48. The lowest BCUT2D eigenvalue weighted by Gasteiger charge is -2.38. The van der Waals surface area contributed by atoms with Gasteiger partial charge in [0.15, 0.2) is 0 Å². The van der Waals surface area contributed by atoms with Crippen molar-refractivity contribution < 1.29 is 26.3 Å². The van der Waals surface area contributed by atoms with Crippen molar-refractivity contribution in [3.05, 3.63) is 48.5 Å². The smallest absolute Gasteiger partial charge is 0.261 e. The first kappa shape index (κ1) is 24.9. The summed E-state index contributed by atoms with van der Waals surface area (Å²) in [7, 11) is -4.69. The summed E-state index contributed by atoms with van der Waals surface area (Å²) in [6.07, 6.45) is 2.01. The summed E-state index contributed by atoms with van der Waals surface area (Å²) in [6.45, 7) is 3.50. The van der Waals surface area contributed by atoms with E-state index in [4.69, 9.17) is 9.47 Å². The van der Waals surface area contributed by atoms with Crippen molar-refractivity contribution in [3.63, 3.8) is 0 Å². The topological polar surface area (TPSA) is 105 Å². The molecule has 2 saturated heterocycles. The van der Waals surface area contributed by atoms with Crippen LogP contribution in [0, 0.1) is 5.92 Å². The Morgan fingerprint density at radius 3 is 2.18 bits per heavy atom. The fourth-order valence-electron chi connectivity index (χ4n) is 4.33. The number of sulfonamides is 2. The zero-order valence-electron chi connectivity index (χ0n) is 19.4. The van der Waals surface area contributed by atoms with Crippen LogP contribution in [0.15, 0.2) is 58.3 Å². The van der Waals surface area contributed by atoms with Gasteiger partial charge in [-0.3, -0.25) is 4.72 Å². The first-order valence-corrected chi connectivity index (χ1v) is 14.2. The van der Waals surface area contributed by atoms with Crippen LogP contribution in [0.25, 0.3) is 0 Å². The van der Waals surface area contributed by atoms with Gasteiger partial charge in [0, 0.05) is 27.2 Å². The van der Waals surface area contributed by atoms with Crippen molar-refractivity contribution in [1.29, 1.82) is 0 Å². The predicted molar refractivity (Wildman–Crippen MR) is 130 cm³/mol. The normalized spacial score (nSPS) is 20.4. The highest BCUT2D eigenvalue weighted by atomic mass is 32.2. The molecule has 1 unspecified atom stereocenters. The largest absolute Gasteiger partial charge is 0.376 e. The van der Waals surface area contributed by atoms with Crippen molar-refractivity contribution in [2.45, 2.75) is 28.7 Å². The van der Waals surface area contributed by atoms with Gasteiger partial charge in [-0.2, -0.15) is 0 Å². The molecule has 0 amide bonds. The number of hydrogen-bond acceptors (Lipinski definition) is 7. The van der Waals surface area contributed by atoms with Gasteiger partial charge in [0.05, 0.1) is 47.1 Å². The maximum Gasteiger partial charge on any atom is 0.261 e. The first-order chi connectivity index (χ1) is 16.2. The monoisotopic (exact) mass is 509 g/mol. The highest BCUT2D eigenvalue weighted by Crippen LogP contribution is 2.33. The van der Waals surface area contributed by atoms with E-state index in [-0.39, 0.29) is 15.9 Å². The van der Waals surface area contributed by atoms with E-state index < -0.39 is 20.0 Å². The van der Waals surface area contributed by atoms with Gasteiger partial charge in [-0.25, -0.2) is 21.1 Å². The highest BCUT2D eigenvalue weighted by Gasteiger charge is 2.30. The Morgan fingerprint density at radius 2 is 1.56 bits per heavy atom. The summed E-state index contributed by atoms with van der Waals surface area (Å²) in [5.41, 5.74) is 1.31. The molecule has 2 heterocycles. The molecule has 2 fully saturated rings. The summed E-state index contributed by atoms with van der Waals surface area (Å²) >= 11 is 0. The van der Waals surface area contributed by atoms with Crippen LogP contribution >= 0.6 is 0 Å². The van der Waals surface area contributed by atoms with Crippen LogP contribution in [0.2, 0.25) is 0 Å². The zero-order valence-corrected chi connectivity index (χ0v) is 21.0. The lowest BCUT2D eigenvalue weighted by Crippen LogP contribution is -2.42. The summed E-state index contributed by atoms with van der Waals surface area (Å²) < 4.78 is 65.9. The van der Waals surface area contributed by atoms with E-state index in [1.165, 1.54) is 38.4 Å². The third kappa shape index (κ3) is 5.38. The molecular formula is C23H31N3O6S2. The third-order valence-electron chi connectivity index (χ3n) is 6.31. The molecule has 1 N–H and O–H groups in total. The molecule has 1 atom stereocenters. The van der Waals surface area contributed by atoms with Crippen LogP contribution in [0.3, 0.4) is 0 Å². The summed E-state index contributed by atoms with van der Waals surface area (Å²) in [4.78, 5) is 2.21. The van der Waals surface area contributed by atoms with Crippen LogP contribution < -0.4 is 9.62 Å². The number of anilines is 2. The Kier molecular flexibility index (Phi) is 7.48. The molecule has 0 aliphatic carbocycles. The second-order valence-electron chi connectivity index (χ2n) is 8.69. The molecule has 9 nitrogen and oxygen atoms in total. The van der Waals surface area contributed by atoms with Crippen LogP contribution in [0.1, 0.15) is 12.8 Å². The third-order valence-corrected chi connectivity index (χ3v) is 9.52. The van der Waals surface area contributed by atoms with E-state index in [1.54, 1.807) is 12.1 Å². The lowest BCUT2D eigenvalue weighted by molar-refractivity contribution is -0.114.